The van der Waals surface area contributed by atoms with Crippen molar-refractivity contribution in [3.63, 3.8) is 0 Å². The lowest BCUT2D eigenvalue weighted by atomic mass is 10.1. The molecule has 2 unspecified atom stereocenters. The molecular formula is C19H16Cl3N3O3. The van der Waals surface area contributed by atoms with Crippen molar-refractivity contribution >= 4 is 34.8 Å². The molecule has 0 amide bonds. The van der Waals surface area contributed by atoms with Crippen LogP contribution < -0.4 is 4.74 Å². The van der Waals surface area contributed by atoms with Gasteiger partial charge >= 0.3 is 0 Å². The highest BCUT2D eigenvalue weighted by Crippen LogP contribution is 2.37. The van der Waals surface area contributed by atoms with Crippen molar-refractivity contribution in [1.82, 2.24) is 14.8 Å². The maximum absolute atomic E-state index is 6.29. The molecule has 3 aromatic rings. The Morgan fingerprint density at radius 1 is 1.11 bits per heavy atom. The molecule has 146 valence electrons. The van der Waals surface area contributed by atoms with Crippen LogP contribution >= 0.6 is 34.8 Å². The summed E-state index contributed by atoms with van der Waals surface area (Å²) in [6, 6.07) is 12.4. The van der Waals surface area contributed by atoms with Gasteiger partial charge in [0.25, 0.3) is 0 Å². The fourth-order valence-corrected chi connectivity index (χ4v) is 3.43. The summed E-state index contributed by atoms with van der Waals surface area (Å²) in [5.41, 5.74) is 0.829. The predicted octanol–water partition coefficient (Wildman–Crippen LogP) is 4.59. The summed E-state index contributed by atoms with van der Waals surface area (Å²) in [4.78, 5) is 3.98. The predicted molar refractivity (Wildman–Crippen MR) is 106 cm³/mol. The zero-order chi connectivity index (χ0) is 19.6. The smallest absolute Gasteiger partial charge is 0.215 e. The molecule has 6 nitrogen and oxygen atoms in total. The highest BCUT2D eigenvalue weighted by Gasteiger charge is 2.44. The number of benzene rings is 2. The number of hydrogen-bond donors (Lipinski definition) is 0. The van der Waals surface area contributed by atoms with Gasteiger partial charge in [-0.3, -0.25) is 0 Å². The van der Waals surface area contributed by atoms with E-state index in [1.165, 1.54) is 6.33 Å². The first-order valence-corrected chi connectivity index (χ1v) is 9.65. The fraction of sp³-hybridized carbons (Fsp3) is 0.263. The topological polar surface area (TPSA) is 58.4 Å². The van der Waals surface area contributed by atoms with Crippen molar-refractivity contribution in [3.05, 3.63) is 75.8 Å². The van der Waals surface area contributed by atoms with Crippen LogP contribution in [-0.2, 0) is 21.8 Å². The standard InChI is InChI=1S/C19H16Cl3N3O3/c20-14-3-1-13(2-4-14)19(10-25-12-23-11-24-25)27-9-16(28-19)8-26-18-7-15(21)5-6-17(18)22/h1-7,11-12,16H,8-10H2. The minimum Gasteiger partial charge on any atom is -0.489 e. The Labute approximate surface area is 176 Å². The second kappa shape index (κ2) is 8.27. The summed E-state index contributed by atoms with van der Waals surface area (Å²) in [5, 5.41) is 5.82. The van der Waals surface area contributed by atoms with Crippen LogP contribution in [0.2, 0.25) is 15.1 Å². The van der Waals surface area contributed by atoms with E-state index in [1.54, 1.807) is 41.3 Å². The van der Waals surface area contributed by atoms with E-state index in [1.807, 2.05) is 12.1 Å². The summed E-state index contributed by atoms with van der Waals surface area (Å²) in [6.07, 6.45) is 2.76. The highest BCUT2D eigenvalue weighted by atomic mass is 35.5. The van der Waals surface area contributed by atoms with Gasteiger partial charge in [-0.1, -0.05) is 46.9 Å². The normalized spacial score (nSPS) is 21.8. The molecule has 0 spiro atoms. The fourth-order valence-electron chi connectivity index (χ4n) is 2.97. The molecular weight excluding hydrogens is 425 g/mol. The van der Waals surface area contributed by atoms with Crippen molar-refractivity contribution in [2.24, 2.45) is 0 Å². The van der Waals surface area contributed by atoms with Crippen LogP contribution in [0.4, 0.5) is 0 Å². The summed E-state index contributed by atoms with van der Waals surface area (Å²) in [7, 11) is 0. The van der Waals surface area contributed by atoms with E-state index in [0.717, 1.165) is 5.56 Å². The van der Waals surface area contributed by atoms with Gasteiger partial charge in [0.15, 0.2) is 0 Å². The minimum absolute atomic E-state index is 0.257. The maximum atomic E-state index is 6.29. The summed E-state index contributed by atoms with van der Waals surface area (Å²) >= 11 is 18.2. The van der Waals surface area contributed by atoms with Crippen LogP contribution in [0, 0.1) is 0 Å². The summed E-state index contributed by atoms with van der Waals surface area (Å²) < 4.78 is 19.9. The molecule has 1 fully saturated rings. The lowest BCUT2D eigenvalue weighted by molar-refractivity contribution is -0.190. The van der Waals surface area contributed by atoms with E-state index in [9.17, 15) is 0 Å². The molecule has 0 saturated carbocycles. The molecule has 1 aromatic heterocycles. The van der Waals surface area contributed by atoms with Crippen molar-refractivity contribution in [1.29, 1.82) is 0 Å². The lowest BCUT2D eigenvalue weighted by Gasteiger charge is -2.28. The van der Waals surface area contributed by atoms with E-state index in [2.05, 4.69) is 10.1 Å². The quantitative estimate of drug-likeness (QED) is 0.561. The van der Waals surface area contributed by atoms with Crippen molar-refractivity contribution < 1.29 is 14.2 Å². The Morgan fingerprint density at radius 2 is 1.89 bits per heavy atom. The van der Waals surface area contributed by atoms with Crippen molar-refractivity contribution in [2.75, 3.05) is 13.2 Å². The van der Waals surface area contributed by atoms with Crippen LogP contribution in [0.15, 0.2) is 55.1 Å². The van der Waals surface area contributed by atoms with Gasteiger partial charge in [-0.2, -0.15) is 5.10 Å². The Bertz CT molecular complexity index is 937. The van der Waals surface area contributed by atoms with E-state index in [4.69, 9.17) is 49.0 Å². The molecule has 4 rings (SSSR count). The number of halogens is 3. The highest BCUT2D eigenvalue weighted by molar-refractivity contribution is 6.34. The van der Waals surface area contributed by atoms with Crippen molar-refractivity contribution in [3.8, 4) is 5.75 Å². The SMILES string of the molecule is Clc1ccc(C2(Cn3cncn3)OCC(COc3cc(Cl)ccc3Cl)O2)cc1. The second-order valence-electron chi connectivity index (χ2n) is 6.29. The third kappa shape index (κ3) is 4.26. The lowest BCUT2D eigenvalue weighted by Crippen LogP contribution is -2.34. The third-order valence-corrected chi connectivity index (χ3v) is 5.10. The first-order valence-electron chi connectivity index (χ1n) is 8.52. The molecule has 1 aliphatic heterocycles. The molecule has 1 saturated heterocycles. The average molecular weight is 441 g/mol. The van der Waals surface area contributed by atoms with Crippen LogP contribution in [0.3, 0.4) is 0 Å². The molecule has 0 aliphatic carbocycles. The van der Waals surface area contributed by atoms with Crippen LogP contribution in [-0.4, -0.2) is 34.1 Å². The summed E-state index contributed by atoms with van der Waals surface area (Å²) in [6.45, 7) is 0.936. The summed E-state index contributed by atoms with van der Waals surface area (Å²) in [5.74, 6) is -0.525. The molecule has 9 heteroatoms. The number of ether oxygens (including phenoxy) is 3. The number of nitrogens with zero attached hydrogens (tertiary/aromatic N) is 3. The second-order valence-corrected chi connectivity index (χ2v) is 7.57. The number of rotatable bonds is 6. The molecule has 0 bridgehead atoms. The number of hydrogen-bond acceptors (Lipinski definition) is 5. The Hall–Kier alpha value is -1.83. The first kappa shape index (κ1) is 19.5. The van der Waals surface area contributed by atoms with Gasteiger partial charge in [-0.05, 0) is 24.3 Å². The Morgan fingerprint density at radius 3 is 2.64 bits per heavy atom. The van der Waals surface area contributed by atoms with E-state index in [-0.39, 0.29) is 12.7 Å². The molecule has 0 N–H and O–H groups in total. The minimum atomic E-state index is -1.02. The molecule has 2 aromatic carbocycles. The van der Waals surface area contributed by atoms with Gasteiger partial charge in [0.1, 0.15) is 37.7 Å². The average Bonchev–Trinajstić information content (AvgIpc) is 3.34. The van der Waals surface area contributed by atoms with Crippen LogP contribution in [0.1, 0.15) is 5.56 Å². The van der Waals surface area contributed by atoms with Gasteiger partial charge < -0.3 is 14.2 Å². The van der Waals surface area contributed by atoms with E-state index in [0.29, 0.717) is 34.0 Å². The number of aromatic nitrogens is 3. The zero-order valence-electron chi connectivity index (χ0n) is 14.6. The van der Waals surface area contributed by atoms with Gasteiger partial charge in [0.2, 0.25) is 5.79 Å². The van der Waals surface area contributed by atoms with Gasteiger partial charge in [0.05, 0.1) is 11.6 Å². The monoisotopic (exact) mass is 439 g/mol. The van der Waals surface area contributed by atoms with Gasteiger partial charge in [-0.15, -0.1) is 0 Å². The van der Waals surface area contributed by atoms with Crippen molar-refractivity contribution in [2.45, 2.75) is 18.4 Å². The Kier molecular flexibility index (Phi) is 5.75. The molecule has 28 heavy (non-hydrogen) atoms. The third-order valence-electron chi connectivity index (χ3n) is 4.30. The Balaban J connectivity index is 1.52. The largest absolute Gasteiger partial charge is 0.489 e. The maximum Gasteiger partial charge on any atom is 0.215 e. The zero-order valence-corrected chi connectivity index (χ0v) is 16.9. The van der Waals surface area contributed by atoms with Crippen LogP contribution in [0.5, 0.6) is 5.75 Å². The first-order chi connectivity index (χ1) is 13.5. The van der Waals surface area contributed by atoms with E-state index < -0.39 is 5.79 Å². The van der Waals surface area contributed by atoms with Gasteiger partial charge in [0, 0.05) is 21.7 Å². The molecule has 2 atom stereocenters. The molecule has 1 aliphatic rings. The van der Waals surface area contributed by atoms with E-state index >= 15 is 0 Å². The molecule has 2 heterocycles. The molecule has 0 radical (unpaired) electrons. The van der Waals surface area contributed by atoms with Crippen LogP contribution in [0.25, 0.3) is 0 Å². The van der Waals surface area contributed by atoms with Gasteiger partial charge in [-0.25, -0.2) is 9.67 Å².